The molecular formula is C14H18Cl2O. The minimum atomic E-state index is -0.0636. The number of halogens is 2. The predicted molar refractivity (Wildman–Crippen MR) is 73.1 cm³/mol. The van der Waals surface area contributed by atoms with E-state index in [1.807, 2.05) is 13.0 Å². The lowest BCUT2D eigenvalue weighted by Gasteiger charge is -2.28. The molecule has 2 unspecified atom stereocenters. The molecule has 0 aliphatic carbocycles. The molecule has 1 aliphatic rings. The van der Waals surface area contributed by atoms with Gasteiger partial charge in [-0.05, 0) is 55.9 Å². The van der Waals surface area contributed by atoms with E-state index in [1.54, 1.807) is 0 Å². The lowest BCUT2D eigenvalue weighted by molar-refractivity contribution is 0.0135. The maximum atomic E-state index is 6.55. The van der Waals surface area contributed by atoms with Gasteiger partial charge in [-0.3, -0.25) is 0 Å². The van der Waals surface area contributed by atoms with Crippen LogP contribution in [0.4, 0.5) is 0 Å². The normalized spacial score (nSPS) is 22.5. The van der Waals surface area contributed by atoms with E-state index in [1.165, 1.54) is 6.42 Å². The molecule has 0 aromatic heterocycles. The van der Waals surface area contributed by atoms with Gasteiger partial charge in [-0.15, -0.1) is 11.6 Å². The Hall–Kier alpha value is -0.240. The summed E-state index contributed by atoms with van der Waals surface area (Å²) >= 11 is 12.6. The average Bonchev–Trinajstić information content (AvgIpc) is 2.34. The van der Waals surface area contributed by atoms with Crippen LogP contribution >= 0.6 is 23.2 Å². The van der Waals surface area contributed by atoms with Gasteiger partial charge in [-0.25, -0.2) is 0 Å². The lowest BCUT2D eigenvalue weighted by Crippen LogP contribution is -2.24. The minimum Gasteiger partial charge on any atom is -0.376 e. The van der Waals surface area contributed by atoms with Gasteiger partial charge in [-0.2, -0.15) is 0 Å². The zero-order valence-corrected chi connectivity index (χ0v) is 11.8. The van der Waals surface area contributed by atoms with Gasteiger partial charge < -0.3 is 4.74 Å². The summed E-state index contributed by atoms with van der Waals surface area (Å²) in [5.74, 6) is 0. The van der Waals surface area contributed by atoms with Crippen molar-refractivity contribution in [3.63, 3.8) is 0 Å². The number of alkyl halides is 1. The summed E-state index contributed by atoms with van der Waals surface area (Å²) in [6.07, 6.45) is 3.55. The van der Waals surface area contributed by atoms with Gasteiger partial charge in [0, 0.05) is 11.6 Å². The lowest BCUT2D eigenvalue weighted by atomic mass is 9.96. The Morgan fingerprint density at radius 1 is 1.24 bits per heavy atom. The maximum absolute atomic E-state index is 6.55. The fourth-order valence-corrected chi connectivity index (χ4v) is 2.95. The quantitative estimate of drug-likeness (QED) is 0.703. The van der Waals surface area contributed by atoms with Crippen LogP contribution in [0.5, 0.6) is 0 Å². The maximum Gasteiger partial charge on any atom is 0.0849 e. The highest BCUT2D eigenvalue weighted by molar-refractivity contribution is 6.31. The van der Waals surface area contributed by atoms with Crippen molar-refractivity contribution in [2.45, 2.75) is 44.6 Å². The Labute approximate surface area is 113 Å². The van der Waals surface area contributed by atoms with E-state index in [9.17, 15) is 0 Å². The van der Waals surface area contributed by atoms with Crippen LogP contribution in [0, 0.1) is 13.8 Å². The monoisotopic (exact) mass is 272 g/mol. The first kappa shape index (κ1) is 13.2. The first-order valence-corrected chi connectivity index (χ1v) is 6.93. The summed E-state index contributed by atoms with van der Waals surface area (Å²) in [6, 6.07) is 4.08. The predicted octanol–water partition coefficient (Wildman–Crippen LogP) is 4.81. The summed E-state index contributed by atoms with van der Waals surface area (Å²) in [7, 11) is 0. The molecule has 2 atom stereocenters. The number of rotatable bonds is 2. The first-order chi connectivity index (χ1) is 8.09. The van der Waals surface area contributed by atoms with E-state index in [-0.39, 0.29) is 11.5 Å². The van der Waals surface area contributed by atoms with Crippen LogP contribution in [0.25, 0.3) is 0 Å². The average molecular weight is 273 g/mol. The van der Waals surface area contributed by atoms with Crippen molar-refractivity contribution in [3.8, 4) is 0 Å². The Balaban J connectivity index is 2.23. The van der Waals surface area contributed by atoms with Gasteiger partial charge in [0.05, 0.1) is 11.5 Å². The van der Waals surface area contributed by atoms with Crippen LogP contribution in [0.15, 0.2) is 12.1 Å². The molecule has 94 valence electrons. The third kappa shape index (κ3) is 2.96. The Kier molecular flexibility index (Phi) is 4.35. The van der Waals surface area contributed by atoms with E-state index >= 15 is 0 Å². The highest BCUT2D eigenvalue weighted by Crippen LogP contribution is 2.35. The standard InChI is InChI=1S/C14H18Cl2O/c1-9-8-12(15)10(2)7-11(9)14(16)13-5-3-4-6-17-13/h7-8,13-14H,3-6H2,1-2H3. The molecule has 3 heteroatoms. The minimum absolute atomic E-state index is 0.0636. The van der Waals surface area contributed by atoms with Gasteiger partial charge in [0.15, 0.2) is 0 Å². The largest absolute Gasteiger partial charge is 0.376 e. The van der Waals surface area contributed by atoms with Crippen LogP contribution in [-0.2, 0) is 4.74 Å². The molecule has 2 rings (SSSR count). The highest BCUT2D eigenvalue weighted by Gasteiger charge is 2.25. The van der Waals surface area contributed by atoms with Crippen LogP contribution in [0.3, 0.4) is 0 Å². The van der Waals surface area contributed by atoms with Crippen molar-refractivity contribution >= 4 is 23.2 Å². The van der Waals surface area contributed by atoms with E-state index in [2.05, 4.69) is 13.0 Å². The number of benzene rings is 1. The van der Waals surface area contributed by atoms with E-state index in [0.717, 1.165) is 41.2 Å². The van der Waals surface area contributed by atoms with Gasteiger partial charge in [-0.1, -0.05) is 17.7 Å². The van der Waals surface area contributed by atoms with Crippen LogP contribution in [0.1, 0.15) is 41.3 Å². The zero-order valence-electron chi connectivity index (χ0n) is 10.3. The molecule has 17 heavy (non-hydrogen) atoms. The molecule has 0 N–H and O–H groups in total. The Morgan fingerprint density at radius 3 is 2.65 bits per heavy atom. The summed E-state index contributed by atoms with van der Waals surface area (Å²) in [5.41, 5.74) is 3.38. The smallest absolute Gasteiger partial charge is 0.0849 e. The summed E-state index contributed by atoms with van der Waals surface area (Å²) in [4.78, 5) is 0. The molecule has 1 aromatic rings. The zero-order chi connectivity index (χ0) is 12.4. The molecule has 0 amide bonds. The van der Waals surface area contributed by atoms with Crippen molar-refractivity contribution in [2.24, 2.45) is 0 Å². The molecule has 1 heterocycles. The van der Waals surface area contributed by atoms with Crippen molar-refractivity contribution in [1.82, 2.24) is 0 Å². The van der Waals surface area contributed by atoms with E-state index in [4.69, 9.17) is 27.9 Å². The SMILES string of the molecule is Cc1cc(C(Cl)C2CCCCO2)c(C)cc1Cl. The molecule has 0 bridgehead atoms. The second-order valence-corrected chi connectivity index (χ2v) is 5.64. The molecule has 1 fully saturated rings. The van der Waals surface area contributed by atoms with Crippen molar-refractivity contribution < 1.29 is 4.74 Å². The fraction of sp³-hybridized carbons (Fsp3) is 0.571. The van der Waals surface area contributed by atoms with Gasteiger partial charge in [0.2, 0.25) is 0 Å². The summed E-state index contributed by atoms with van der Waals surface area (Å²) in [5, 5.41) is 0.742. The third-order valence-corrected chi connectivity index (χ3v) is 4.31. The van der Waals surface area contributed by atoms with Crippen molar-refractivity contribution in [1.29, 1.82) is 0 Å². The van der Waals surface area contributed by atoms with Crippen molar-refractivity contribution in [2.75, 3.05) is 6.61 Å². The topological polar surface area (TPSA) is 9.23 Å². The molecule has 0 spiro atoms. The number of aryl methyl sites for hydroxylation is 2. The van der Waals surface area contributed by atoms with E-state index in [0.29, 0.717) is 0 Å². The molecule has 1 saturated heterocycles. The molecule has 0 radical (unpaired) electrons. The number of ether oxygens (including phenoxy) is 1. The highest BCUT2D eigenvalue weighted by atomic mass is 35.5. The van der Waals surface area contributed by atoms with Crippen LogP contribution < -0.4 is 0 Å². The summed E-state index contributed by atoms with van der Waals surface area (Å²) < 4.78 is 5.75. The third-order valence-electron chi connectivity index (χ3n) is 3.39. The van der Waals surface area contributed by atoms with Gasteiger partial charge in [0.1, 0.15) is 0 Å². The van der Waals surface area contributed by atoms with E-state index < -0.39 is 0 Å². The summed E-state index contributed by atoms with van der Waals surface area (Å²) in [6.45, 7) is 4.90. The first-order valence-electron chi connectivity index (χ1n) is 6.12. The van der Waals surface area contributed by atoms with Crippen molar-refractivity contribution in [3.05, 3.63) is 33.8 Å². The number of hydrogen-bond acceptors (Lipinski definition) is 1. The fourth-order valence-electron chi connectivity index (χ4n) is 2.30. The number of hydrogen-bond donors (Lipinski definition) is 0. The van der Waals surface area contributed by atoms with Crippen LogP contribution in [-0.4, -0.2) is 12.7 Å². The molecule has 1 aromatic carbocycles. The molecule has 1 aliphatic heterocycles. The molecule has 0 saturated carbocycles. The molecule has 1 nitrogen and oxygen atoms in total. The Bertz CT molecular complexity index is 397. The van der Waals surface area contributed by atoms with Crippen LogP contribution in [0.2, 0.25) is 5.02 Å². The molecular weight excluding hydrogens is 255 g/mol. The second kappa shape index (κ2) is 5.60. The van der Waals surface area contributed by atoms with Gasteiger partial charge in [0.25, 0.3) is 0 Å². The second-order valence-electron chi connectivity index (χ2n) is 4.76. The Morgan fingerprint density at radius 2 is 2.00 bits per heavy atom. The van der Waals surface area contributed by atoms with Gasteiger partial charge >= 0.3 is 0 Å².